The first-order chi connectivity index (χ1) is 14.1. The molecule has 3 aromatic rings. The summed E-state index contributed by atoms with van der Waals surface area (Å²) in [6.45, 7) is 5.23. The van der Waals surface area contributed by atoms with Crippen LogP contribution in [0.25, 0.3) is 0 Å². The molecule has 2 heterocycles. The van der Waals surface area contributed by atoms with Crippen molar-refractivity contribution in [1.82, 2.24) is 4.98 Å². The summed E-state index contributed by atoms with van der Waals surface area (Å²) in [5.41, 5.74) is 4.58. The lowest BCUT2D eigenvalue weighted by molar-refractivity contribution is 0.102. The van der Waals surface area contributed by atoms with Crippen LogP contribution >= 0.6 is 0 Å². The predicted octanol–water partition coefficient (Wildman–Crippen LogP) is 4.72. The molecule has 0 spiro atoms. The van der Waals surface area contributed by atoms with Gasteiger partial charge in [0.2, 0.25) is 0 Å². The summed E-state index contributed by atoms with van der Waals surface area (Å²) in [5.74, 6) is 1.79. The van der Waals surface area contributed by atoms with Crippen LogP contribution in [0.4, 0.5) is 17.2 Å². The molecule has 1 amide bonds. The third kappa shape index (κ3) is 4.16. The molecule has 2 N–H and O–H groups in total. The molecule has 1 aliphatic heterocycles. The number of nitrogens with zero attached hydrogens (tertiary/aromatic N) is 1. The first kappa shape index (κ1) is 18.8. The number of aryl methyl sites for hydroxylation is 2. The molecule has 4 rings (SSSR count). The minimum Gasteiger partial charge on any atom is -0.486 e. The fourth-order valence-electron chi connectivity index (χ4n) is 3.26. The lowest BCUT2D eigenvalue weighted by Gasteiger charge is -2.19. The molecule has 6 nitrogen and oxygen atoms in total. The van der Waals surface area contributed by atoms with Gasteiger partial charge in [-0.1, -0.05) is 25.1 Å². The molecule has 0 saturated carbocycles. The highest BCUT2D eigenvalue weighted by molar-refractivity contribution is 6.04. The van der Waals surface area contributed by atoms with Gasteiger partial charge in [0.1, 0.15) is 19.0 Å². The highest BCUT2D eigenvalue weighted by Crippen LogP contribution is 2.32. The molecule has 1 aromatic heterocycles. The number of ether oxygens (including phenoxy) is 2. The Morgan fingerprint density at radius 3 is 2.66 bits per heavy atom. The highest BCUT2D eigenvalue weighted by atomic mass is 16.6. The van der Waals surface area contributed by atoms with Crippen molar-refractivity contribution in [2.75, 3.05) is 23.8 Å². The van der Waals surface area contributed by atoms with Gasteiger partial charge in [0.05, 0.1) is 5.56 Å². The molecule has 0 radical (unpaired) electrons. The lowest BCUT2D eigenvalue weighted by atomic mass is 10.1. The number of carbonyl (C=O) groups is 1. The standard InChI is InChI=1S/C23H23N3O3/c1-3-16-6-4-5-15(2)22(16)26-21-10-7-17(14-24-21)23(27)25-18-8-9-19-20(13-18)29-12-11-28-19/h4-10,13-14H,3,11-12H2,1-2H3,(H,24,26)(H,25,27). The minimum atomic E-state index is -0.231. The molecule has 0 bridgehead atoms. The van der Waals surface area contributed by atoms with E-state index in [1.165, 1.54) is 5.56 Å². The monoisotopic (exact) mass is 389 g/mol. The van der Waals surface area contributed by atoms with Crippen molar-refractivity contribution in [3.8, 4) is 11.5 Å². The van der Waals surface area contributed by atoms with E-state index in [2.05, 4.69) is 47.7 Å². The summed E-state index contributed by atoms with van der Waals surface area (Å²) in [6, 6.07) is 15.1. The predicted molar refractivity (Wildman–Crippen MR) is 113 cm³/mol. The number of benzene rings is 2. The number of amides is 1. The van der Waals surface area contributed by atoms with Crippen molar-refractivity contribution in [3.63, 3.8) is 0 Å². The number of fused-ring (bicyclic) bond motifs is 1. The average molecular weight is 389 g/mol. The van der Waals surface area contributed by atoms with Crippen LogP contribution in [0.2, 0.25) is 0 Å². The van der Waals surface area contributed by atoms with Crippen LogP contribution in [0.5, 0.6) is 11.5 Å². The van der Waals surface area contributed by atoms with Crippen molar-refractivity contribution in [3.05, 3.63) is 71.4 Å². The van der Waals surface area contributed by atoms with Crippen molar-refractivity contribution < 1.29 is 14.3 Å². The maximum atomic E-state index is 12.6. The van der Waals surface area contributed by atoms with Gasteiger partial charge >= 0.3 is 0 Å². The summed E-state index contributed by atoms with van der Waals surface area (Å²) in [6.07, 6.45) is 2.50. The van der Waals surface area contributed by atoms with Gasteiger partial charge < -0.3 is 20.1 Å². The highest BCUT2D eigenvalue weighted by Gasteiger charge is 2.14. The van der Waals surface area contributed by atoms with Crippen molar-refractivity contribution in [1.29, 1.82) is 0 Å². The van der Waals surface area contributed by atoms with E-state index in [1.54, 1.807) is 30.5 Å². The summed E-state index contributed by atoms with van der Waals surface area (Å²) in [4.78, 5) is 17.0. The van der Waals surface area contributed by atoms with Gasteiger partial charge in [0.15, 0.2) is 11.5 Å². The van der Waals surface area contributed by atoms with Gasteiger partial charge in [-0.05, 0) is 48.7 Å². The Balaban J connectivity index is 1.46. The summed E-state index contributed by atoms with van der Waals surface area (Å²) in [7, 11) is 0. The Morgan fingerprint density at radius 2 is 1.90 bits per heavy atom. The fraction of sp³-hybridized carbons (Fsp3) is 0.217. The van der Waals surface area contributed by atoms with E-state index in [0.717, 1.165) is 17.7 Å². The van der Waals surface area contributed by atoms with Crippen LogP contribution in [0.3, 0.4) is 0 Å². The Morgan fingerprint density at radius 1 is 1.07 bits per heavy atom. The van der Waals surface area contributed by atoms with Crippen LogP contribution in [0.1, 0.15) is 28.4 Å². The summed E-state index contributed by atoms with van der Waals surface area (Å²) < 4.78 is 11.1. The first-order valence-corrected chi connectivity index (χ1v) is 9.66. The third-order valence-corrected chi connectivity index (χ3v) is 4.82. The van der Waals surface area contributed by atoms with Gasteiger partial charge in [-0.25, -0.2) is 4.98 Å². The third-order valence-electron chi connectivity index (χ3n) is 4.82. The molecule has 0 saturated heterocycles. The van der Waals surface area contributed by atoms with Gasteiger partial charge in [-0.3, -0.25) is 4.79 Å². The Kier molecular flexibility index (Phi) is 5.33. The maximum absolute atomic E-state index is 12.6. The van der Waals surface area contributed by atoms with Crippen LogP contribution in [-0.4, -0.2) is 24.1 Å². The zero-order chi connectivity index (χ0) is 20.2. The molecule has 148 valence electrons. The fourth-order valence-corrected chi connectivity index (χ4v) is 3.26. The number of pyridine rings is 1. The molecule has 0 unspecified atom stereocenters. The first-order valence-electron chi connectivity index (χ1n) is 9.66. The van der Waals surface area contributed by atoms with E-state index in [4.69, 9.17) is 9.47 Å². The Labute approximate surface area is 169 Å². The van der Waals surface area contributed by atoms with Gasteiger partial charge in [0, 0.05) is 23.6 Å². The van der Waals surface area contributed by atoms with E-state index in [-0.39, 0.29) is 5.91 Å². The Hall–Kier alpha value is -3.54. The van der Waals surface area contributed by atoms with Crippen molar-refractivity contribution in [2.24, 2.45) is 0 Å². The van der Waals surface area contributed by atoms with Crippen LogP contribution < -0.4 is 20.1 Å². The number of rotatable bonds is 5. The summed E-state index contributed by atoms with van der Waals surface area (Å²) in [5, 5.41) is 6.24. The largest absolute Gasteiger partial charge is 0.486 e. The van der Waals surface area contributed by atoms with Gasteiger partial charge in [0.25, 0.3) is 5.91 Å². The molecule has 6 heteroatoms. The number of para-hydroxylation sites is 1. The lowest BCUT2D eigenvalue weighted by Crippen LogP contribution is -2.16. The molecule has 1 aliphatic rings. The zero-order valence-corrected chi connectivity index (χ0v) is 16.5. The second-order valence-electron chi connectivity index (χ2n) is 6.83. The van der Waals surface area contributed by atoms with E-state index in [9.17, 15) is 4.79 Å². The van der Waals surface area contributed by atoms with E-state index >= 15 is 0 Å². The second-order valence-corrected chi connectivity index (χ2v) is 6.83. The smallest absolute Gasteiger partial charge is 0.257 e. The SMILES string of the molecule is CCc1cccc(C)c1Nc1ccc(C(=O)Nc2ccc3c(c2)OCCO3)cn1. The zero-order valence-electron chi connectivity index (χ0n) is 16.5. The molecule has 0 fully saturated rings. The molecule has 0 atom stereocenters. The summed E-state index contributed by atoms with van der Waals surface area (Å²) >= 11 is 0. The van der Waals surface area contributed by atoms with E-state index in [1.807, 2.05) is 6.07 Å². The van der Waals surface area contributed by atoms with E-state index in [0.29, 0.717) is 41.8 Å². The van der Waals surface area contributed by atoms with Crippen LogP contribution in [0, 0.1) is 6.92 Å². The van der Waals surface area contributed by atoms with Crippen LogP contribution in [0.15, 0.2) is 54.7 Å². The number of nitrogens with one attached hydrogen (secondary N) is 2. The molecule has 2 aromatic carbocycles. The van der Waals surface area contributed by atoms with Crippen LogP contribution in [-0.2, 0) is 6.42 Å². The quantitative estimate of drug-likeness (QED) is 0.661. The molecular weight excluding hydrogens is 366 g/mol. The molecule has 0 aliphatic carbocycles. The topological polar surface area (TPSA) is 72.5 Å². The number of hydrogen-bond donors (Lipinski definition) is 2. The number of aromatic nitrogens is 1. The normalized spacial score (nSPS) is 12.3. The number of carbonyl (C=O) groups excluding carboxylic acids is 1. The number of anilines is 3. The van der Waals surface area contributed by atoms with Gasteiger partial charge in [-0.15, -0.1) is 0 Å². The Bertz CT molecular complexity index is 1030. The van der Waals surface area contributed by atoms with Gasteiger partial charge in [-0.2, -0.15) is 0 Å². The molecular formula is C23H23N3O3. The maximum Gasteiger partial charge on any atom is 0.257 e. The number of hydrogen-bond acceptors (Lipinski definition) is 5. The minimum absolute atomic E-state index is 0.231. The average Bonchev–Trinajstić information content (AvgIpc) is 2.75. The van der Waals surface area contributed by atoms with Crippen molar-refractivity contribution in [2.45, 2.75) is 20.3 Å². The second kappa shape index (κ2) is 8.22. The van der Waals surface area contributed by atoms with E-state index < -0.39 is 0 Å². The van der Waals surface area contributed by atoms with Crippen molar-refractivity contribution >= 4 is 23.1 Å². The molecule has 29 heavy (non-hydrogen) atoms.